The van der Waals surface area contributed by atoms with Crippen LogP contribution in [0.4, 0.5) is 17.2 Å². The van der Waals surface area contributed by atoms with Crippen molar-refractivity contribution in [1.29, 1.82) is 0 Å². The molecule has 2 aliphatic carbocycles. The van der Waals surface area contributed by atoms with E-state index in [4.69, 9.17) is 9.97 Å². The summed E-state index contributed by atoms with van der Waals surface area (Å²) < 4.78 is 2.23. The Hall–Kier alpha value is -4.24. The number of hydrogen-bond donors (Lipinski definition) is 2. The van der Waals surface area contributed by atoms with Gasteiger partial charge in [-0.1, -0.05) is 32.0 Å². The number of benzene rings is 2. The maximum absolute atomic E-state index is 14.0. The molecule has 9 heteroatoms. The summed E-state index contributed by atoms with van der Waals surface area (Å²) in [6, 6.07) is 15.5. The maximum Gasteiger partial charge on any atom is 0.251 e. The van der Waals surface area contributed by atoms with Gasteiger partial charge in [0.1, 0.15) is 5.52 Å². The highest BCUT2D eigenvalue weighted by atomic mass is 16.2. The summed E-state index contributed by atoms with van der Waals surface area (Å²) in [6.45, 7) is 13.1. The van der Waals surface area contributed by atoms with E-state index in [1.54, 1.807) is 7.05 Å². The molecule has 0 radical (unpaired) electrons. The molecule has 2 N–H and O–H groups in total. The lowest BCUT2D eigenvalue weighted by Crippen LogP contribution is -2.58. The summed E-state index contributed by atoms with van der Waals surface area (Å²) in [7, 11) is 1.65. The molecule has 2 saturated carbocycles. The van der Waals surface area contributed by atoms with Gasteiger partial charge in [0, 0.05) is 54.2 Å². The highest BCUT2D eigenvalue weighted by Crippen LogP contribution is 2.48. The number of piperidine rings is 1. The van der Waals surface area contributed by atoms with Crippen molar-refractivity contribution in [3.63, 3.8) is 0 Å². The normalized spacial score (nSPS) is 23.2. The van der Waals surface area contributed by atoms with Gasteiger partial charge in [-0.05, 0) is 107 Å². The molecule has 2 aromatic heterocycles. The van der Waals surface area contributed by atoms with Gasteiger partial charge in [-0.15, -0.1) is 0 Å². The topological polar surface area (TPSA) is 95.4 Å². The van der Waals surface area contributed by atoms with E-state index in [1.807, 2.05) is 31.5 Å². The Morgan fingerprint density at radius 1 is 0.979 bits per heavy atom. The van der Waals surface area contributed by atoms with Gasteiger partial charge in [-0.25, -0.2) is 9.97 Å². The molecule has 250 valence electrons. The highest BCUT2D eigenvalue weighted by Gasteiger charge is 2.50. The van der Waals surface area contributed by atoms with Crippen LogP contribution in [0.5, 0.6) is 0 Å². The molecule has 3 fully saturated rings. The van der Waals surface area contributed by atoms with Crippen LogP contribution >= 0.6 is 0 Å². The van der Waals surface area contributed by atoms with Crippen LogP contribution in [0.2, 0.25) is 0 Å². The second kappa shape index (κ2) is 11.2. The first-order chi connectivity index (χ1) is 22.9. The SMILES string of the molecule is CNC(=O)c1cc(Nc2nc(-c3ccc4c(c3)N(C3CC(N5CCCC(C)(C)C5)C3)C(=O)C4(C)C)cc3ncn(C4CC4)c23)ccc1C. The van der Waals surface area contributed by atoms with Crippen molar-refractivity contribution in [2.24, 2.45) is 5.41 Å². The van der Waals surface area contributed by atoms with Crippen LogP contribution in [0.3, 0.4) is 0 Å². The lowest BCUT2D eigenvalue weighted by atomic mass is 9.78. The predicted octanol–water partition coefficient (Wildman–Crippen LogP) is 7.12. The molecule has 0 spiro atoms. The Morgan fingerprint density at radius 2 is 1.77 bits per heavy atom. The quantitative estimate of drug-likeness (QED) is 0.222. The Kier molecular flexibility index (Phi) is 7.22. The van der Waals surface area contributed by atoms with Gasteiger partial charge >= 0.3 is 0 Å². The molecule has 0 atom stereocenters. The van der Waals surface area contributed by atoms with Crippen LogP contribution in [-0.4, -0.2) is 63.5 Å². The van der Waals surface area contributed by atoms with Crippen LogP contribution in [0.15, 0.2) is 48.8 Å². The fraction of sp³-hybridized carbons (Fsp3) is 0.487. The molecule has 0 unspecified atom stereocenters. The van der Waals surface area contributed by atoms with E-state index < -0.39 is 5.41 Å². The summed E-state index contributed by atoms with van der Waals surface area (Å²) in [5.41, 5.74) is 7.79. The van der Waals surface area contributed by atoms with Crippen molar-refractivity contribution in [3.8, 4) is 11.3 Å². The van der Waals surface area contributed by atoms with Gasteiger partial charge in [0.05, 0.1) is 23.0 Å². The summed E-state index contributed by atoms with van der Waals surface area (Å²) >= 11 is 0. The standard InChI is InChI=1S/C39H47N7O2/c1-23-8-10-25(17-29(23)36(47)40-6)42-35-34-32(41-22-45(34)26-11-12-26)20-31(43-35)24-9-13-30-33(16-24)46(37(48)39(30,4)5)28-18-27(19-28)44-15-7-14-38(2,3)21-44/h8-10,13,16-17,20,22,26-28H,7,11-12,14-15,18-19,21H2,1-6H3,(H,40,47)(H,42,43). The summed E-state index contributed by atoms with van der Waals surface area (Å²) in [4.78, 5) is 41.4. The van der Waals surface area contributed by atoms with Crippen molar-refractivity contribution in [2.75, 3.05) is 30.4 Å². The minimum atomic E-state index is -0.576. The number of rotatable bonds is 7. The molecule has 9 nitrogen and oxygen atoms in total. The number of nitrogens with zero attached hydrogens (tertiary/aromatic N) is 5. The Morgan fingerprint density at radius 3 is 2.50 bits per heavy atom. The van der Waals surface area contributed by atoms with E-state index >= 15 is 0 Å². The van der Waals surface area contributed by atoms with Crippen molar-refractivity contribution in [1.82, 2.24) is 24.8 Å². The molecular weight excluding hydrogens is 598 g/mol. The van der Waals surface area contributed by atoms with E-state index in [2.05, 4.69) is 77.0 Å². The molecular formula is C39H47N7O2. The molecule has 4 aromatic rings. The summed E-state index contributed by atoms with van der Waals surface area (Å²) in [5, 5.41) is 6.30. The lowest BCUT2D eigenvalue weighted by molar-refractivity contribution is -0.123. The highest BCUT2D eigenvalue weighted by molar-refractivity contribution is 6.09. The number of pyridine rings is 1. The maximum atomic E-state index is 14.0. The van der Waals surface area contributed by atoms with Crippen LogP contribution in [0, 0.1) is 12.3 Å². The van der Waals surface area contributed by atoms with E-state index in [-0.39, 0.29) is 17.9 Å². The van der Waals surface area contributed by atoms with E-state index in [9.17, 15) is 9.59 Å². The number of nitrogens with one attached hydrogen (secondary N) is 2. The average Bonchev–Trinajstić information content (AvgIpc) is 3.76. The third kappa shape index (κ3) is 5.18. The van der Waals surface area contributed by atoms with Crippen LogP contribution in [0.1, 0.15) is 93.7 Å². The minimum Gasteiger partial charge on any atom is -0.355 e. The second-order valence-electron chi connectivity index (χ2n) is 15.9. The van der Waals surface area contributed by atoms with Crippen molar-refractivity contribution in [3.05, 3.63) is 65.5 Å². The fourth-order valence-corrected chi connectivity index (χ4v) is 8.30. The zero-order valence-electron chi connectivity index (χ0n) is 29.1. The van der Waals surface area contributed by atoms with Gasteiger partial charge in [0.2, 0.25) is 5.91 Å². The molecule has 2 aliphatic heterocycles. The zero-order chi connectivity index (χ0) is 33.5. The number of aromatic nitrogens is 3. The van der Waals surface area contributed by atoms with Gasteiger partial charge in [0.15, 0.2) is 5.82 Å². The molecule has 2 amide bonds. The fourth-order valence-electron chi connectivity index (χ4n) is 8.30. The second-order valence-corrected chi connectivity index (χ2v) is 15.9. The number of fused-ring (bicyclic) bond motifs is 2. The number of amides is 2. The van der Waals surface area contributed by atoms with Crippen LogP contribution < -0.4 is 15.5 Å². The third-order valence-corrected chi connectivity index (χ3v) is 11.3. The summed E-state index contributed by atoms with van der Waals surface area (Å²) in [5.74, 6) is 0.778. The molecule has 4 heterocycles. The minimum absolute atomic E-state index is 0.122. The number of carbonyl (C=O) groups is 2. The number of aryl methyl sites for hydroxylation is 1. The van der Waals surface area contributed by atoms with Gasteiger partial charge < -0.3 is 20.1 Å². The molecule has 48 heavy (non-hydrogen) atoms. The van der Waals surface area contributed by atoms with Crippen LogP contribution in [-0.2, 0) is 10.2 Å². The van der Waals surface area contributed by atoms with E-state index in [0.717, 1.165) is 83.6 Å². The van der Waals surface area contributed by atoms with E-state index in [1.165, 1.54) is 12.8 Å². The molecule has 8 rings (SSSR count). The van der Waals surface area contributed by atoms with E-state index in [0.29, 0.717) is 28.9 Å². The molecule has 4 aliphatic rings. The van der Waals surface area contributed by atoms with Crippen molar-refractivity contribution in [2.45, 2.75) is 96.7 Å². The Bertz CT molecular complexity index is 1950. The Labute approximate surface area is 283 Å². The largest absolute Gasteiger partial charge is 0.355 e. The zero-order valence-corrected chi connectivity index (χ0v) is 29.1. The monoisotopic (exact) mass is 645 g/mol. The molecule has 1 saturated heterocycles. The third-order valence-electron chi connectivity index (χ3n) is 11.3. The first kappa shape index (κ1) is 31.1. The van der Waals surface area contributed by atoms with Crippen molar-refractivity contribution >= 4 is 40.0 Å². The number of hydrogen-bond acceptors (Lipinski definition) is 6. The first-order valence-electron chi connectivity index (χ1n) is 17.6. The predicted molar refractivity (Wildman–Crippen MR) is 191 cm³/mol. The van der Waals surface area contributed by atoms with Gasteiger partial charge in [-0.3, -0.25) is 14.5 Å². The molecule has 2 aromatic carbocycles. The van der Waals surface area contributed by atoms with Crippen molar-refractivity contribution < 1.29 is 9.59 Å². The number of anilines is 3. The number of carbonyl (C=O) groups excluding carboxylic acids is 2. The van der Waals surface area contributed by atoms with Gasteiger partial charge in [0.25, 0.3) is 5.91 Å². The first-order valence-corrected chi connectivity index (χ1v) is 17.6. The van der Waals surface area contributed by atoms with Crippen LogP contribution in [0.25, 0.3) is 22.3 Å². The number of likely N-dealkylation sites (tertiary alicyclic amines) is 1. The lowest BCUT2D eigenvalue weighted by Gasteiger charge is -2.50. The molecule has 0 bridgehead atoms. The smallest absolute Gasteiger partial charge is 0.251 e. The average molecular weight is 646 g/mol. The summed E-state index contributed by atoms with van der Waals surface area (Å²) in [6.07, 6.45) is 8.75. The Balaban J connectivity index is 1.14. The van der Waals surface area contributed by atoms with Gasteiger partial charge in [-0.2, -0.15) is 0 Å². The number of imidazole rings is 1.